The Balaban J connectivity index is 1.60. The molecule has 0 aliphatic carbocycles. The second-order valence-electron chi connectivity index (χ2n) is 7.69. The summed E-state index contributed by atoms with van der Waals surface area (Å²) < 4.78 is 2.20. The van der Waals surface area contributed by atoms with E-state index in [1.807, 2.05) is 50.9 Å². The highest BCUT2D eigenvalue weighted by molar-refractivity contribution is 5.90. The molecule has 1 amide bonds. The van der Waals surface area contributed by atoms with Gasteiger partial charge in [0.05, 0.1) is 12.4 Å². The third kappa shape index (κ3) is 5.59. The Bertz CT molecular complexity index is 816. The van der Waals surface area contributed by atoms with Crippen LogP contribution < -0.4 is 10.6 Å². The molecule has 0 bridgehead atoms. The van der Waals surface area contributed by atoms with Crippen LogP contribution in [0.25, 0.3) is 0 Å². The Kier molecular flexibility index (Phi) is 7.27. The maximum atomic E-state index is 11.8. The molecule has 7 nitrogen and oxygen atoms in total. The number of hydrogen-bond acceptors (Lipinski definition) is 3. The first-order chi connectivity index (χ1) is 14.1. The molecule has 1 aliphatic rings. The van der Waals surface area contributed by atoms with E-state index in [2.05, 4.69) is 43.1 Å². The molecule has 2 heterocycles. The Morgan fingerprint density at radius 3 is 2.97 bits per heavy atom. The van der Waals surface area contributed by atoms with Crippen molar-refractivity contribution in [2.24, 2.45) is 10.9 Å². The van der Waals surface area contributed by atoms with Crippen molar-refractivity contribution < 1.29 is 4.79 Å². The molecule has 1 saturated heterocycles. The number of carbonyl (C=O) groups is 1. The second kappa shape index (κ2) is 10.1. The van der Waals surface area contributed by atoms with Gasteiger partial charge in [0.2, 0.25) is 5.91 Å². The largest absolute Gasteiger partial charge is 0.352 e. The number of likely N-dealkylation sites (tertiary alicyclic amines) is 1. The molecule has 7 heteroatoms. The zero-order valence-electron chi connectivity index (χ0n) is 17.6. The van der Waals surface area contributed by atoms with Crippen molar-refractivity contribution in [3.8, 4) is 0 Å². The van der Waals surface area contributed by atoms with Gasteiger partial charge < -0.3 is 20.1 Å². The van der Waals surface area contributed by atoms with E-state index in [0.717, 1.165) is 43.1 Å². The van der Waals surface area contributed by atoms with Gasteiger partial charge in [-0.3, -0.25) is 9.79 Å². The lowest BCUT2D eigenvalue weighted by atomic mass is 9.93. The number of carbonyl (C=O) groups excluding carboxylic acids is 1. The second-order valence-corrected chi connectivity index (χ2v) is 7.69. The number of aromatic nitrogens is 2. The molecule has 2 atom stereocenters. The number of nitrogens with one attached hydrogen (secondary N) is 2. The molecular weight excluding hydrogens is 364 g/mol. The fourth-order valence-electron chi connectivity index (χ4n) is 3.82. The Hall–Kier alpha value is -2.83. The van der Waals surface area contributed by atoms with Gasteiger partial charge in [-0.2, -0.15) is 0 Å². The molecular formula is C22H32N6O. The predicted octanol–water partition coefficient (Wildman–Crippen LogP) is 3.28. The number of imidazole rings is 1. The zero-order chi connectivity index (χ0) is 20.6. The summed E-state index contributed by atoms with van der Waals surface area (Å²) in [6, 6.07) is 8.36. The van der Waals surface area contributed by atoms with E-state index in [0.29, 0.717) is 24.9 Å². The minimum atomic E-state index is 0.0569. The van der Waals surface area contributed by atoms with E-state index < -0.39 is 0 Å². The van der Waals surface area contributed by atoms with Gasteiger partial charge in [-0.25, -0.2) is 4.98 Å². The maximum absolute atomic E-state index is 11.8. The van der Waals surface area contributed by atoms with Gasteiger partial charge in [0, 0.05) is 51.2 Å². The smallest absolute Gasteiger partial charge is 0.224 e. The number of amides is 1. The first-order valence-electron chi connectivity index (χ1n) is 10.4. The number of nitrogens with zero attached hydrogens (tertiary/aromatic N) is 4. The number of aliphatic imine (C=N–C) groups is 1. The van der Waals surface area contributed by atoms with Gasteiger partial charge in [-0.1, -0.05) is 26.0 Å². The van der Waals surface area contributed by atoms with Crippen molar-refractivity contribution in [1.29, 1.82) is 0 Å². The molecule has 0 saturated carbocycles. The number of anilines is 1. The lowest BCUT2D eigenvalue weighted by Gasteiger charge is -2.39. The summed E-state index contributed by atoms with van der Waals surface area (Å²) in [6.07, 6.45) is 8.28. The lowest BCUT2D eigenvalue weighted by molar-refractivity contribution is -0.116. The summed E-state index contributed by atoms with van der Waals surface area (Å²) in [5.74, 6) is 1.56. The standard InChI is InChI=1S/C22H32N6O/c1-4-6-21(29)26-19-8-5-7-18(13-19)14-25-22(23-3)27-11-9-17(2)20(15-27)28-12-10-24-16-28/h5,7-8,10,12-13,16-17,20H,4,6,9,11,14-15H2,1-3H3,(H,23,25)(H,26,29). The molecule has 29 heavy (non-hydrogen) atoms. The van der Waals surface area contributed by atoms with Crippen LogP contribution in [-0.2, 0) is 11.3 Å². The minimum Gasteiger partial charge on any atom is -0.352 e. The molecule has 2 aromatic rings. The van der Waals surface area contributed by atoms with Gasteiger partial charge in [-0.05, 0) is 36.5 Å². The summed E-state index contributed by atoms with van der Waals surface area (Å²) in [6.45, 7) is 6.86. The first kappa shape index (κ1) is 20.9. The fraction of sp³-hybridized carbons (Fsp3) is 0.500. The highest BCUT2D eigenvalue weighted by Crippen LogP contribution is 2.27. The highest BCUT2D eigenvalue weighted by atomic mass is 16.1. The molecule has 2 N–H and O–H groups in total. The van der Waals surface area contributed by atoms with Crippen LogP contribution in [0.1, 0.15) is 44.7 Å². The summed E-state index contributed by atoms with van der Waals surface area (Å²) >= 11 is 0. The van der Waals surface area contributed by atoms with Crippen molar-refractivity contribution in [2.45, 2.75) is 45.7 Å². The van der Waals surface area contributed by atoms with E-state index >= 15 is 0 Å². The number of hydrogen-bond donors (Lipinski definition) is 2. The van der Waals surface area contributed by atoms with Crippen LogP contribution in [0, 0.1) is 5.92 Å². The van der Waals surface area contributed by atoms with Crippen LogP contribution in [0.5, 0.6) is 0 Å². The average molecular weight is 397 g/mol. The first-order valence-corrected chi connectivity index (χ1v) is 10.4. The van der Waals surface area contributed by atoms with Crippen LogP contribution >= 0.6 is 0 Å². The van der Waals surface area contributed by atoms with Crippen LogP contribution in [0.3, 0.4) is 0 Å². The van der Waals surface area contributed by atoms with Crippen LogP contribution in [-0.4, -0.2) is 46.5 Å². The summed E-state index contributed by atoms with van der Waals surface area (Å²) in [5, 5.41) is 6.44. The molecule has 156 valence electrons. The quantitative estimate of drug-likeness (QED) is 0.580. The number of piperidine rings is 1. The van der Waals surface area contributed by atoms with Crippen molar-refractivity contribution in [3.05, 3.63) is 48.5 Å². The fourth-order valence-corrected chi connectivity index (χ4v) is 3.82. The number of guanidine groups is 1. The van der Waals surface area contributed by atoms with E-state index in [4.69, 9.17) is 0 Å². The molecule has 1 aliphatic heterocycles. The van der Waals surface area contributed by atoms with E-state index in [1.54, 1.807) is 0 Å². The molecule has 1 fully saturated rings. The molecule has 0 spiro atoms. The van der Waals surface area contributed by atoms with E-state index in [9.17, 15) is 4.79 Å². The van der Waals surface area contributed by atoms with E-state index in [-0.39, 0.29) is 5.91 Å². The Morgan fingerprint density at radius 1 is 1.38 bits per heavy atom. The topological polar surface area (TPSA) is 74.6 Å². The van der Waals surface area contributed by atoms with Crippen molar-refractivity contribution in [1.82, 2.24) is 19.8 Å². The van der Waals surface area contributed by atoms with Crippen LogP contribution in [0.4, 0.5) is 5.69 Å². The summed E-state index contributed by atoms with van der Waals surface area (Å²) in [4.78, 5) is 22.9. The van der Waals surface area contributed by atoms with Gasteiger partial charge in [0.1, 0.15) is 0 Å². The summed E-state index contributed by atoms with van der Waals surface area (Å²) in [7, 11) is 1.83. The van der Waals surface area contributed by atoms with Crippen molar-refractivity contribution >= 4 is 17.6 Å². The third-order valence-electron chi connectivity index (χ3n) is 5.48. The van der Waals surface area contributed by atoms with Gasteiger partial charge in [0.25, 0.3) is 0 Å². The molecule has 1 aromatic heterocycles. The SMILES string of the molecule is CCCC(=O)Nc1cccc(CNC(=NC)N2CCC(C)C(n3ccnc3)C2)c1. The normalized spacial score (nSPS) is 19.8. The highest BCUT2D eigenvalue weighted by Gasteiger charge is 2.28. The average Bonchev–Trinajstić information content (AvgIpc) is 3.24. The predicted molar refractivity (Wildman–Crippen MR) is 117 cm³/mol. The minimum absolute atomic E-state index is 0.0569. The van der Waals surface area contributed by atoms with Gasteiger partial charge >= 0.3 is 0 Å². The Labute approximate surface area is 173 Å². The summed E-state index contributed by atoms with van der Waals surface area (Å²) in [5.41, 5.74) is 1.95. The van der Waals surface area contributed by atoms with Gasteiger partial charge in [0.15, 0.2) is 5.96 Å². The van der Waals surface area contributed by atoms with Gasteiger partial charge in [-0.15, -0.1) is 0 Å². The molecule has 2 unspecified atom stereocenters. The van der Waals surface area contributed by atoms with Crippen LogP contribution in [0.15, 0.2) is 48.0 Å². The monoisotopic (exact) mass is 396 g/mol. The molecule has 1 aromatic carbocycles. The molecule has 0 radical (unpaired) electrons. The van der Waals surface area contributed by atoms with E-state index in [1.165, 1.54) is 0 Å². The van der Waals surface area contributed by atoms with Crippen LogP contribution in [0.2, 0.25) is 0 Å². The molecule has 3 rings (SSSR count). The Morgan fingerprint density at radius 2 is 2.24 bits per heavy atom. The lowest BCUT2D eigenvalue weighted by Crippen LogP contribution is -2.48. The van der Waals surface area contributed by atoms with Crippen molar-refractivity contribution in [2.75, 3.05) is 25.5 Å². The third-order valence-corrected chi connectivity index (χ3v) is 5.48. The zero-order valence-corrected chi connectivity index (χ0v) is 17.6. The van der Waals surface area contributed by atoms with Crippen molar-refractivity contribution in [3.63, 3.8) is 0 Å². The maximum Gasteiger partial charge on any atom is 0.224 e. The number of rotatable bonds is 6. The number of benzene rings is 1.